The highest BCUT2D eigenvalue weighted by Crippen LogP contribution is 2.22. The van der Waals surface area contributed by atoms with Gasteiger partial charge in [0, 0.05) is 5.41 Å². The van der Waals surface area contributed by atoms with Crippen molar-refractivity contribution in [2.75, 3.05) is 12.4 Å². The van der Waals surface area contributed by atoms with Crippen molar-refractivity contribution in [2.45, 2.75) is 27.7 Å². The molecule has 0 aromatic heterocycles. The fourth-order valence-electron chi connectivity index (χ4n) is 1.88. The number of ether oxygens (including phenoxy) is 1. The fraction of sp³-hybridized carbons (Fsp3) is 0.538. The van der Waals surface area contributed by atoms with Crippen molar-refractivity contribution >= 4 is 10.0 Å². The molecule has 1 aromatic rings. The van der Waals surface area contributed by atoms with Crippen LogP contribution in [0.25, 0.3) is 0 Å². The number of hydrogen-bond donors (Lipinski definition) is 1. The van der Waals surface area contributed by atoms with Gasteiger partial charge in [0.05, 0.1) is 12.4 Å². The van der Waals surface area contributed by atoms with Crippen LogP contribution in [-0.4, -0.2) is 20.8 Å². The molecule has 0 heterocycles. The third-order valence-electron chi connectivity index (χ3n) is 2.42. The third-order valence-corrected chi connectivity index (χ3v) is 3.60. The van der Waals surface area contributed by atoms with Gasteiger partial charge < -0.3 is 4.74 Å². The Balaban J connectivity index is 2.69. The molecule has 0 saturated carbocycles. The zero-order valence-electron chi connectivity index (χ0n) is 11.4. The van der Waals surface area contributed by atoms with Crippen LogP contribution in [0.3, 0.4) is 0 Å². The molecule has 0 fully saturated rings. The molecule has 2 N–H and O–H groups in total. The topological polar surface area (TPSA) is 69.4 Å². The Labute approximate surface area is 109 Å². The normalized spacial score (nSPS) is 12.5. The maximum absolute atomic E-state index is 11.1. The molecule has 0 spiro atoms. The molecular formula is C13H21NO3S. The zero-order valence-corrected chi connectivity index (χ0v) is 12.2. The van der Waals surface area contributed by atoms with Crippen molar-refractivity contribution in [3.63, 3.8) is 0 Å². The number of nitrogens with two attached hydrogens (primary N) is 1. The molecule has 0 saturated heterocycles. The second-order valence-corrected chi connectivity index (χ2v) is 7.20. The van der Waals surface area contributed by atoms with Gasteiger partial charge in [-0.1, -0.05) is 19.9 Å². The standard InChI is InChI=1S/C13H21NO3S/c1-10-5-11(2)7-12(6-10)17-8-13(3,4)9-18(14,15)16/h5-7H,8-9H2,1-4H3,(H2,14,15,16). The SMILES string of the molecule is Cc1cc(C)cc(OCC(C)(C)CS(N)(=O)=O)c1. The summed E-state index contributed by atoms with van der Waals surface area (Å²) in [7, 11) is -3.48. The van der Waals surface area contributed by atoms with E-state index in [9.17, 15) is 8.42 Å². The van der Waals surface area contributed by atoms with Gasteiger partial charge in [0.15, 0.2) is 0 Å². The lowest BCUT2D eigenvalue weighted by molar-refractivity contribution is 0.199. The molecule has 102 valence electrons. The van der Waals surface area contributed by atoms with Crippen LogP contribution in [0.15, 0.2) is 18.2 Å². The van der Waals surface area contributed by atoms with E-state index in [0.717, 1.165) is 16.9 Å². The van der Waals surface area contributed by atoms with Crippen LogP contribution in [0.1, 0.15) is 25.0 Å². The molecule has 0 amide bonds. The van der Waals surface area contributed by atoms with E-state index >= 15 is 0 Å². The number of benzene rings is 1. The molecule has 0 bridgehead atoms. The number of primary sulfonamides is 1. The van der Waals surface area contributed by atoms with E-state index in [-0.39, 0.29) is 5.75 Å². The predicted molar refractivity (Wildman–Crippen MR) is 73.2 cm³/mol. The molecule has 18 heavy (non-hydrogen) atoms. The molecule has 0 atom stereocenters. The Hall–Kier alpha value is -1.07. The maximum atomic E-state index is 11.1. The first-order valence-electron chi connectivity index (χ1n) is 5.79. The lowest BCUT2D eigenvalue weighted by atomic mass is 9.98. The van der Waals surface area contributed by atoms with E-state index in [2.05, 4.69) is 6.07 Å². The predicted octanol–water partition coefficient (Wildman–Crippen LogP) is 2.00. The first-order chi connectivity index (χ1) is 8.07. The minimum atomic E-state index is -3.48. The van der Waals surface area contributed by atoms with Crippen LogP contribution >= 0.6 is 0 Å². The Kier molecular flexibility index (Phi) is 4.40. The highest BCUT2D eigenvalue weighted by atomic mass is 32.2. The lowest BCUT2D eigenvalue weighted by Crippen LogP contribution is -2.33. The lowest BCUT2D eigenvalue weighted by Gasteiger charge is -2.23. The largest absolute Gasteiger partial charge is 0.493 e. The van der Waals surface area contributed by atoms with E-state index in [1.54, 1.807) is 0 Å². The highest BCUT2D eigenvalue weighted by molar-refractivity contribution is 7.89. The summed E-state index contributed by atoms with van der Waals surface area (Å²) in [5.74, 6) is 0.667. The van der Waals surface area contributed by atoms with Crippen molar-refractivity contribution in [2.24, 2.45) is 10.6 Å². The Morgan fingerprint density at radius 1 is 1.17 bits per heavy atom. The Morgan fingerprint density at radius 3 is 2.11 bits per heavy atom. The summed E-state index contributed by atoms with van der Waals surface area (Å²) in [6.07, 6.45) is 0. The van der Waals surface area contributed by atoms with Crippen LogP contribution in [0.5, 0.6) is 5.75 Å². The van der Waals surface area contributed by atoms with E-state index in [1.807, 2.05) is 39.8 Å². The molecular weight excluding hydrogens is 250 g/mol. The summed E-state index contributed by atoms with van der Waals surface area (Å²) in [4.78, 5) is 0. The van der Waals surface area contributed by atoms with Gasteiger partial charge in [-0.2, -0.15) is 0 Å². The number of rotatable bonds is 5. The minimum Gasteiger partial charge on any atom is -0.493 e. The van der Waals surface area contributed by atoms with Crippen LogP contribution in [-0.2, 0) is 10.0 Å². The van der Waals surface area contributed by atoms with Gasteiger partial charge in [0.25, 0.3) is 0 Å². The molecule has 0 aliphatic heterocycles. The van der Waals surface area contributed by atoms with E-state index in [0.29, 0.717) is 6.61 Å². The van der Waals surface area contributed by atoms with Crippen molar-refractivity contribution in [3.05, 3.63) is 29.3 Å². The van der Waals surface area contributed by atoms with Crippen LogP contribution in [0.4, 0.5) is 0 Å². The summed E-state index contributed by atoms with van der Waals surface area (Å²) in [5.41, 5.74) is 1.73. The van der Waals surface area contributed by atoms with Crippen molar-refractivity contribution < 1.29 is 13.2 Å². The van der Waals surface area contributed by atoms with Crippen molar-refractivity contribution in [3.8, 4) is 5.75 Å². The monoisotopic (exact) mass is 271 g/mol. The van der Waals surface area contributed by atoms with Crippen molar-refractivity contribution in [1.29, 1.82) is 0 Å². The quantitative estimate of drug-likeness (QED) is 0.890. The molecule has 1 rings (SSSR count). The second kappa shape index (κ2) is 5.28. The maximum Gasteiger partial charge on any atom is 0.209 e. The summed E-state index contributed by atoms with van der Waals surface area (Å²) in [6.45, 7) is 7.94. The summed E-state index contributed by atoms with van der Waals surface area (Å²) in [5, 5.41) is 5.06. The smallest absolute Gasteiger partial charge is 0.209 e. The molecule has 0 radical (unpaired) electrons. The molecule has 4 nitrogen and oxygen atoms in total. The molecule has 0 unspecified atom stereocenters. The van der Waals surface area contributed by atoms with Crippen LogP contribution < -0.4 is 9.88 Å². The summed E-state index contributed by atoms with van der Waals surface area (Å²) < 4.78 is 27.8. The van der Waals surface area contributed by atoms with Crippen molar-refractivity contribution in [1.82, 2.24) is 0 Å². The van der Waals surface area contributed by atoms with E-state index in [1.165, 1.54) is 0 Å². The minimum absolute atomic E-state index is 0.0925. The molecule has 0 aliphatic carbocycles. The number of aryl methyl sites for hydroxylation is 2. The van der Waals surface area contributed by atoms with E-state index < -0.39 is 15.4 Å². The zero-order chi connectivity index (χ0) is 14.0. The van der Waals surface area contributed by atoms with Gasteiger partial charge >= 0.3 is 0 Å². The van der Waals surface area contributed by atoms with Crippen LogP contribution in [0.2, 0.25) is 0 Å². The van der Waals surface area contributed by atoms with E-state index in [4.69, 9.17) is 9.88 Å². The average Bonchev–Trinajstić information content (AvgIpc) is 2.09. The van der Waals surface area contributed by atoms with Crippen LogP contribution in [0, 0.1) is 19.3 Å². The first kappa shape index (κ1) is 15.0. The van der Waals surface area contributed by atoms with Gasteiger partial charge in [-0.05, 0) is 37.1 Å². The summed E-state index contributed by atoms with van der Waals surface area (Å²) in [6, 6.07) is 5.92. The Morgan fingerprint density at radius 2 is 1.67 bits per heavy atom. The Bertz CT molecular complexity index is 501. The van der Waals surface area contributed by atoms with Gasteiger partial charge in [-0.25, -0.2) is 13.6 Å². The number of hydrogen-bond acceptors (Lipinski definition) is 3. The molecule has 1 aromatic carbocycles. The molecule has 0 aliphatic rings. The van der Waals surface area contributed by atoms with Gasteiger partial charge in [0.1, 0.15) is 5.75 Å². The number of sulfonamides is 1. The fourth-order valence-corrected chi connectivity index (χ4v) is 3.05. The van der Waals surface area contributed by atoms with Gasteiger partial charge in [-0.15, -0.1) is 0 Å². The highest BCUT2D eigenvalue weighted by Gasteiger charge is 2.25. The van der Waals surface area contributed by atoms with Gasteiger partial charge in [-0.3, -0.25) is 0 Å². The third kappa shape index (κ3) is 5.51. The average molecular weight is 271 g/mol. The first-order valence-corrected chi connectivity index (χ1v) is 7.51. The second-order valence-electron chi connectivity index (χ2n) is 5.58. The summed E-state index contributed by atoms with van der Waals surface area (Å²) >= 11 is 0. The molecule has 5 heteroatoms. The van der Waals surface area contributed by atoms with Gasteiger partial charge in [0.2, 0.25) is 10.0 Å².